The van der Waals surface area contributed by atoms with Crippen molar-refractivity contribution < 1.29 is 9.21 Å². The van der Waals surface area contributed by atoms with Crippen molar-refractivity contribution >= 4 is 5.91 Å². The minimum atomic E-state index is -0.131. The molecule has 1 aliphatic heterocycles. The Balaban J connectivity index is 1.32. The van der Waals surface area contributed by atoms with E-state index in [-0.39, 0.29) is 5.91 Å². The summed E-state index contributed by atoms with van der Waals surface area (Å²) in [7, 11) is 0. The summed E-state index contributed by atoms with van der Waals surface area (Å²) in [6, 6.07) is 12.2. The zero-order chi connectivity index (χ0) is 18.5. The minimum absolute atomic E-state index is 0.131. The van der Waals surface area contributed by atoms with Gasteiger partial charge in [0.25, 0.3) is 5.91 Å². The standard InChI is InChI=1S/C20H23N5O2/c26-20(17-8-13-27-15-17)21-9-6-18-22-23-19-7-10-24(11-12-25(18)19)14-16-4-2-1-3-5-16/h1-5,8,13,15H,6-7,9-12,14H2,(H,21,26). The number of hydrogen-bond donors (Lipinski definition) is 1. The van der Waals surface area contributed by atoms with Crippen molar-refractivity contribution in [2.24, 2.45) is 0 Å². The summed E-state index contributed by atoms with van der Waals surface area (Å²) in [6.07, 6.45) is 4.49. The number of aromatic nitrogens is 3. The summed E-state index contributed by atoms with van der Waals surface area (Å²) in [5.74, 6) is 1.83. The Labute approximate surface area is 158 Å². The van der Waals surface area contributed by atoms with Crippen LogP contribution in [0.15, 0.2) is 53.3 Å². The number of fused-ring (bicyclic) bond motifs is 1. The summed E-state index contributed by atoms with van der Waals surface area (Å²) in [5, 5.41) is 11.6. The molecule has 7 nitrogen and oxygen atoms in total. The molecule has 1 aliphatic rings. The molecule has 3 aromatic rings. The Kier molecular flexibility index (Phi) is 5.29. The molecule has 0 spiro atoms. The largest absolute Gasteiger partial charge is 0.472 e. The van der Waals surface area contributed by atoms with Crippen LogP contribution < -0.4 is 5.32 Å². The molecular formula is C20H23N5O2. The number of amides is 1. The first kappa shape index (κ1) is 17.5. The van der Waals surface area contributed by atoms with E-state index in [1.54, 1.807) is 6.07 Å². The van der Waals surface area contributed by atoms with E-state index in [0.29, 0.717) is 18.5 Å². The van der Waals surface area contributed by atoms with Crippen molar-refractivity contribution in [2.45, 2.75) is 25.9 Å². The molecule has 1 amide bonds. The van der Waals surface area contributed by atoms with Gasteiger partial charge in [-0.25, -0.2) is 0 Å². The maximum absolute atomic E-state index is 12.0. The van der Waals surface area contributed by atoms with Crippen LogP contribution in [0.25, 0.3) is 0 Å². The van der Waals surface area contributed by atoms with Gasteiger partial charge in [-0.3, -0.25) is 9.69 Å². The second-order valence-corrected chi connectivity index (χ2v) is 6.71. The quantitative estimate of drug-likeness (QED) is 0.722. The molecule has 0 saturated carbocycles. The highest BCUT2D eigenvalue weighted by Crippen LogP contribution is 2.12. The predicted molar refractivity (Wildman–Crippen MR) is 100 cm³/mol. The Morgan fingerprint density at radius 2 is 2.00 bits per heavy atom. The van der Waals surface area contributed by atoms with Crippen LogP contribution in [-0.2, 0) is 25.9 Å². The van der Waals surface area contributed by atoms with Crippen LogP contribution in [0.3, 0.4) is 0 Å². The van der Waals surface area contributed by atoms with Gasteiger partial charge in [-0.1, -0.05) is 30.3 Å². The van der Waals surface area contributed by atoms with E-state index in [0.717, 1.165) is 44.2 Å². The molecule has 0 fully saturated rings. The first-order chi connectivity index (χ1) is 13.3. The third-order valence-corrected chi connectivity index (χ3v) is 4.86. The Hall–Kier alpha value is -2.93. The normalized spacial score (nSPS) is 14.5. The van der Waals surface area contributed by atoms with Crippen molar-refractivity contribution in [2.75, 3.05) is 19.6 Å². The van der Waals surface area contributed by atoms with E-state index in [2.05, 4.69) is 49.2 Å². The van der Waals surface area contributed by atoms with Crippen molar-refractivity contribution in [1.82, 2.24) is 25.0 Å². The molecule has 3 heterocycles. The predicted octanol–water partition coefficient (Wildman–Crippen LogP) is 1.90. The monoisotopic (exact) mass is 365 g/mol. The van der Waals surface area contributed by atoms with Crippen molar-refractivity contribution in [3.05, 3.63) is 71.7 Å². The maximum Gasteiger partial charge on any atom is 0.254 e. The number of nitrogens with zero attached hydrogens (tertiary/aromatic N) is 4. The number of rotatable bonds is 6. The van der Waals surface area contributed by atoms with Crippen LogP contribution in [0, 0.1) is 0 Å². The summed E-state index contributed by atoms with van der Waals surface area (Å²) < 4.78 is 7.14. The van der Waals surface area contributed by atoms with Gasteiger partial charge in [0.15, 0.2) is 0 Å². The van der Waals surface area contributed by atoms with Gasteiger partial charge in [0, 0.05) is 45.6 Å². The molecule has 27 heavy (non-hydrogen) atoms. The molecule has 0 saturated heterocycles. The highest BCUT2D eigenvalue weighted by atomic mass is 16.3. The van der Waals surface area contributed by atoms with Gasteiger partial charge >= 0.3 is 0 Å². The van der Waals surface area contributed by atoms with Crippen LogP contribution in [0.5, 0.6) is 0 Å². The maximum atomic E-state index is 12.0. The summed E-state index contributed by atoms with van der Waals surface area (Å²) in [6.45, 7) is 4.30. The number of carbonyl (C=O) groups excluding carboxylic acids is 1. The lowest BCUT2D eigenvalue weighted by atomic mass is 10.2. The second-order valence-electron chi connectivity index (χ2n) is 6.71. The molecule has 1 aromatic carbocycles. The van der Waals surface area contributed by atoms with E-state index in [9.17, 15) is 4.79 Å². The molecule has 0 bridgehead atoms. The Bertz CT molecular complexity index is 873. The molecule has 0 atom stereocenters. The molecule has 4 rings (SSSR count). The second kappa shape index (κ2) is 8.18. The fourth-order valence-electron chi connectivity index (χ4n) is 3.40. The van der Waals surface area contributed by atoms with Crippen LogP contribution in [-0.4, -0.2) is 45.2 Å². The average Bonchev–Trinajstić information content (AvgIpc) is 3.31. The lowest BCUT2D eigenvalue weighted by Gasteiger charge is -2.19. The molecular weight excluding hydrogens is 342 g/mol. The molecule has 7 heteroatoms. The molecule has 1 N–H and O–H groups in total. The van der Waals surface area contributed by atoms with Crippen molar-refractivity contribution in [1.29, 1.82) is 0 Å². The highest BCUT2D eigenvalue weighted by Gasteiger charge is 2.18. The van der Waals surface area contributed by atoms with Crippen LogP contribution in [0.1, 0.15) is 27.6 Å². The first-order valence-electron chi connectivity index (χ1n) is 9.27. The topological polar surface area (TPSA) is 76.2 Å². The zero-order valence-corrected chi connectivity index (χ0v) is 15.2. The third-order valence-electron chi connectivity index (χ3n) is 4.86. The lowest BCUT2D eigenvalue weighted by Crippen LogP contribution is -2.28. The van der Waals surface area contributed by atoms with Gasteiger partial charge in [-0.15, -0.1) is 10.2 Å². The summed E-state index contributed by atoms with van der Waals surface area (Å²) >= 11 is 0. The van der Waals surface area contributed by atoms with Gasteiger partial charge in [-0.2, -0.15) is 0 Å². The smallest absolute Gasteiger partial charge is 0.254 e. The number of benzene rings is 1. The Morgan fingerprint density at radius 3 is 2.81 bits per heavy atom. The van der Waals surface area contributed by atoms with Crippen LogP contribution >= 0.6 is 0 Å². The van der Waals surface area contributed by atoms with E-state index < -0.39 is 0 Å². The van der Waals surface area contributed by atoms with Crippen molar-refractivity contribution in [3.8, 4) is 0 Å². The van der Waals surface area contributed by atoms with E-state index in [4.69, 9.17) is 4.42 Å². The minimum Gasteiger partial charge on any atom is -0.472 e. The SMILES string of the molecule is O=C(NCCc1nnc2n1CCN(Cc1ccccc1)CC2)c1ccoc1. The molecule has 0 unspecified atom stereocenters. The first-order valence-corrected chi connectivity index (χ1v) is 9.27. The van der Waals surface area contributed by atoms with Gasteiger partial charge in [0.2, 0.25) is 0 Å². The third kappa shape index (κ3) is 4.25. The van der Waals surface area contributed by atoms with Gasteiger partial charge < -0.3 is 14.3 Å². The number of nitrogens with one attached hydrogen (secondary N) is 1. The zero-order valence-electron chi connectivity index (χ0n) is 15.2. The number of carbonyl (C=O) groups is 1. The van der Waals surface area contributed by atoms with Gasteiger partial charge in [0.1, 0.15) is 17.9 Å². The fraction of sp³-hybridized carbons (Fsp3) is 0.350. The van der Waals surface area contributed by atoms with Crippen LogP contribution in [0.2, 0.25) is 0 Å². The molecule has 2 aromatic heterocycles. The number of hydrogen-bond acceptors (Lipinski definition) is 5. The summed E-state index contributed by atoms with van der Waals surface area (Å²) in [4.78, 5) is 14.4. The van der Waals surface area contributed by atoms with E-state index >= 15 is 0 Å². The number of furan rings is 1. The summed E-state index contributed by atoms with van der Waals surface area (Å²) in [5.41, 5.74) is 1.86. The highest BCUT2D eigenvalue weighted by molar-refractivity contribution is 5.93. The molecule has 140 valence electrons. The fourth-order valence-corrected chi connectivity index (χ4v) is 3.40. The molecule has 0 radical (unpaired) electrons. The lowest BCUT2D eigenvalue weighted by molar-refractivity contribution is 0.0953. The average molecular weight is 365 g/mol. The Morgan fingerprint density at radius 1 is 1.11 bits per heavy atom. The van der Waals surface area contributed by atoms with Crippen molar-refractivity contribution in [3.63, 3.8) is 0 Å². The molecule has 0 aliphatic carbocycles. The van der Waals surface area contributed by atoms with E-state index in [1.807, 2.05) is 6.07 Å². The van der Waals surface area contributed by atoms with Gasteiger partial charge in [0.05, 0.1) is 11.8 Å². The van der Waals surface area contributed by atoms with E-state index in [1.165, 1.54) is 18.1 Å². The van der Waals surface area contributed by atoms with Gasteiger partial charge in [-0.05, 0) is 11.6 Å². The van der Waals surface area contributed by atoms with Crippen LogP contribution in [0.4, 0.5) is 0 Å².